The minimum absolute atomic E-state index is 0.824. The zero-order valence-corrected chi connectivity index (χ0v) is 8.60. The van der Waals surface area contributed by atoms with E-state index in [0.717, 1.165) is 15.6 Å². The van der Waals surface area contributed by atoms with Crippen LogP contribution in [0.15, 0.2) is 15.5 Å². The van der Waals surface area contributed by atoms with Crippen LogP contribution in [0.3, 0.4) is 0 Å². The molecular weight excluding hydrogens is 166 g/mol. The van der Waals surface area contributed by atoms with Gasteiger partial charge in [0.05, 0.1) is 10.2 Å². The first-order chi connectivity index (χ1) is 5.10. The zero-order valence-electron chi connectivity index (χ0n) is 6.60. The molecule has 0 bridgehead atoms. The molecule has 0 aromatic heterocycles. The summed E-state index contributed by atoms with van der Waals surface area (Å²) in [4.78, 5) is 0. The molecule has 66 valence electrons. The number of rotatable bonds is 0. The van der Waals surface area contributed by atoms with Crippen LogP contribution in [0, 0.1) is 0 Å². The molecule has 0 aliphatic heterocycles. The molecule has 11 heavy (non-hydrogen) atoms. The van der Waals surface area contributed by atoms with Gasteiger partial charge >= 0.3 is 0 Å². The highest BCUT2D eigenvalue weighted by Crippen LogP contribution is 1.56. The Morgan fingerprint density at radius 3 is 1.27 bits per heavy atom. The van der Waals surface area contributed by atoms with Gasteiger partial charge < -0.3 is 15.6 Å². The molecule has 0 spiro atoms. The molecule has 0 atom stereocenters. The molecule has 6 nitrogen and oxygen atoms in total. The van der Waals surface area contributed by atoms with Crippen LogP contribution in [0.4, 0.5) is 0 Å². The van der Waals surface area contributed by atoms with E-state index in [0.29, 0.717) is 0 Å². The number of hydrogen-bond donors (Lipinski definition) is 3. The topological polar surface area (TPSA) is 97.8 Å². The van der Waals surface area contributed by atoms with Crippen molar-refractivity contribution < 1.29 is 15.6 Å². The van der Waals surface area contributed by atoms with Gasteiger partial charge in [0.25, 0.3) is 0 Å². The molecule has 0 fully saturated rings. The summed E-state index contributed by atoms with van der Waals surface area (Å²) in [6.45, 7) is 7.12. The van der Waals surface area contributed by atoms with E-state index in [2.05, 4.69) is 28.9 Å². The van der Waals surface area contributed by atoms with Gasteiger partial charge in [0, 0.05) is 18.8 Å². The summed E-state index contributed by atoms with van der Waals surface area (Å²) in [6.07, 6.45) is 0. The highest BCUT2D eigenvalue weighted by atomic mass is 28.1. The minimum Gasteiger partial charge on any atom is -0.411 e. The lowest BCUT2D eigenvalue weighted by Crippen LogP contribution is -1.83. The van der Waals surface area contributed by atoms with Crippen molar-refractivity contribution in [1.29, 1.82) is 0 Å². The molecule has 0 amide bonds. The lowest BCUT2D eigenvalue weighted by molar-refractivity contribution is 0.320. The van der Waals surface area contributed by atoms with Crippen molar-refractivity contribution in [2.45, 2.75) is 6.92 Å². The summed E-state index contributed by atoms with van der Waals surface area (Å²) in [5.74, 6) is 0. The van der Waals surface area contributed by atoms with E-state index in [9.17, 15) is 0 Å². The second-order valence-corrected chi connectivity index (χ2v) is 2.78. The number of oxime groups is 3. The summed E-state index contributed by atoms with van der Waals surface area (Å²) >= 11 is 0. The van der Waals surface area contributed by atoms with E-state index >= 15 is 0 Å². The quantitative estimate of drug-likeness (QED) is 0.199. The monoisotopic (exact) mass is 179 g/mol. The first-order valence-corrected chi connectivity index (χ1v) is 3.46. The van der Waals surface area contributed by atoms with Crippen molar-refractivity contribution in [3.8, 4) is 0 Å². The van der Waals surface area contributed by atoms with E-state index in [1.807, 2.05) is 0 Å². The van der Waals surface area contributed by atoms with Gasteiger partial charge in [-0.25, -0.2) is 0 Å². The number of nitrogens with zero attached hydrogens (tertiary/aromatic N) is 3. The molecule has 0 aliphatic rings. The van der Waals surface area contributed by atoms with E-state index in [4.69, 9.17) is 15.6 Å². The van der Waals surface area contributed by atoms with Crippen LogP contribution in [-0.2, 0) is 0 Å². The van der Waals surface area contributed by atoms with Gasteiger partial charge in [-0.2, -0.15) is 0 Å². The normalized spacial score (nSPS) is 7.91. The standard InChI is InChI=1S/C2H7NOSi.2CH3NO/c1-2(5)3-4;2*1-2-3/h4H,1,5H3;2*3H,1H2. The van der Waals surface area contributed by atoms with Gasteiger partial charge in [-0.05, 0) is 6.92 Å². The minimum atomic E-state index is 0.824. The van der Waals surface area contributed by atoms with Crippen molar-refractivity contribution in [3.05, 3.63) is 0 Å². The maximum Gasteiger partial charge on any atom is 0.0609 e. The van der Waals surface area contributed by atoms with Gasteiger partial charge in [-0.3, -0.25) is 0 Å². The lowest BCUT2D eigenvalue weighted by Gasteiger charge is -1.72. The van der Waals surface area contributed by atoms with Crippen LogP contribution in [0.1, 0.15) is 6.92 Å². The summed E-state index contributed by atoms with van der Waals surface area (Å²) in [6, 6.07) is 0. The molecule has 0 rings (SSSR count). The lowest BCUT2D eigenvalue weighted by atomic mass is 10.9. The average molecular weight is 179 g/mol. The fourth-order valence-electron chi connectivity index (χ4n) is 0. The SMILES string of the molecule is C=NO.C=NO.CC([SiH3])=NO. The smallest absolute Gasteiger partial charge is 0.0609 e. The Morgan fingerprint density at radius 1 is 1.18 bits per heavy atom. The first-order valence-electron chi connectivity index (χ1n) is 2.46. The number of hydrogen-bond acceptors (Lipinski definition) is 6. The Bertz CT molecular complexity index is 107. The molecule has 0 saturated heterocycles. The highest BCUT2D eigenvalue weighted by Gasteiger charge is 1.65. The predicted molar refractivity (Wildman–Crippen MR) is 47.5 cm³/mol. The van der Waals surface area contributed by atoms with Gasteiger partial charge in [-0.1, -0.05) is 0 Å². The summed E-state index contributed by atoms with van der Waals surface area (Å²) in [5, 5.41) is 30.1. The van der Waals surface area contributed by atoms with E-state index < -0.39 is 0 Å². The first kappa shape index (κ1) is 16.3. The average Bonchev–Trinajstić information content (AvgIpc) is 1.91. The fraction of sp³-hybridized carbons (Fsp3) is 0.250. The molecule has 3 N–H and O–H groups in total. The molecule has 0 heterocycles. The Kier molecular flexibility index (Phi) is 34.8. The van der Waals surface area contributed by atoms with Crippen molar-refractivity contribution in [2.75, 3.05) is 0 Å². The van der Waals surface area contributed by atoms with Crippen molar-refractivity contribution in [2.24, 2.45) is 15.5 Å². The van der Waals surface area contributed by atoms with Crippen molar-refractivity contribution >= 4 is 29.0 Å². The summed E-state index contributed by atoms with van der Waals surface area (Å²) in [7, 11) is 0.870. The fourth-order valence-corrected chi connectivity index (χ4v) is 0. The van der Waals surface area contributed by atoms with Crippen LogP contribution < -0.4 is 0 Å². The van der Waals surface area contributed by atoms with E-state index in [1.165, 1.54) is 0 Å². The van der Waals surface area contributed by atoms with Crippen molar-refractivity contribution in [3.63, 3.8) is 0 Å². The van der Waals surface area contributed by atoms with Crippen LogP contribution in [-0.4, -0.2) is 44.6 Å². The summed E-state index contributed by atoms with van der Waals surface area (Å²) in [5.41, 5.74) is 0. The van der Waals surface area contributed by atoms with Gasteiger partial charge in [0.1, 0.15) is 0 Å². The second-order valence-electron chi connectivity index (χ2n) is 1.33. The Balaban J connectivity index is -0.0000000933. The highest BCUT2D eigenvalue weighted by molar-refractivity contribution is 6.58. The Morgan fingerprint density at radius 2 is 1.27 bits per heavy atom. The van der Waals surface area contributed by atoms with E-state index in [1.54, 1.807) is 6.92 Å². The van der Waals surface area contributed by atoms with Crippen molar-refractivity contribution in [1.82, 2.24) is 0 Å². The predicted octanol–water partition coefficient (Wildman–Crippen LogP) is -0.688. The molecule has 7 heteroatoms. The largest absolute Gasteiger partial charge is 0.411 e. The zero-order chi connectivity index (χ0) is 9.70. The van der Waals surface area contributed by atoms with Crippen LogP contribution in [0.25, 0.3) is 0 Å². The molecule has 0 aliphatic carbocycles. The molecule has 0 unspecified atom stereocenters. The van der Waals surface area contributed by atoms with Gasteiger partial charge in [-0.15, -0.1) is 15.5 Å². The maximum absolute atomic E-state index is 7.77. The van der Waals surface area contributed by atoms with Crippen LogP contribution >= 0.6 is 0 Å². The Labute approximate surface area is 67.9 Å². The third kappa shape index (κ3) is 964. The van der Waals surface area contributed by atoms with Gasteiger partial charge in [0.2, 0.25) is 0 Å². The molecular formula is C4H13N3O3Si. The molecule has 0 radical (unpaired) electrons. The molecule has 0 aromatic rings. The third-order valence-electron chi connectivity index (χ3n) is 0.200. The van der Waals surface area contributed by atoms with E-state index in [-0.39, 0.29) is 0 Å². The molecule has 0 saturated carbocycles. The third-order valence-corrected chi connectivity index (χ3v) is 0.400. The van der Waals surface area contributed by atoms with Gasteiger partial charge in [0.15, 0.2) is 0 Å². The van der Waals surface area contributed by atoms with Crippen LogP contribution in [0.2, 0.25) is 0 Å². The maximum atomic E-state index is 7.77. The Hall–Kier alpha value is -1.37. The van der Waals surface area contributed by atoms with Crippen LogP contribution in [0.5, 0.6) is 0 Å². The second kappa shape index (κ2) is 23.4. The summed E-state index contributed by atoms with van der Waals surface area (Å²) < 4.78 is 0. The molecule has 0 aromatic carbocycles.